The predicted octanol–water partition coefficient (Wildman–Crippen LogP) is 4.58. The maximum absolute atomic E-state index is 13.2. The number of hydrogen-bond donors (Lipinski definition) is 4. The Balaban J connectivity index is 1.59. The maximum atomic E-state index is 13.2. The van der Waals surface area contributed by atoms with Gasteiger partial charge in [-0.1, -0.05) is 29.8 Å². The van der Waals surface area contributed by atoms with Gasteiger partial charge < -0.3 is 26.0 Å². The van der Waals surface area contributed by atoms with Crippen LogP contribution in [0.5, 0.6) is 5.75 Å². The molecule has 2 aromatic heterocycles. The van der Waals surface area contributed by atoms with E-state index in [-0.39, 0.29) is 18.0 Å². The van der Waals surface area contributed by atoms with Gasteiger partial charge in [-0.3, -0.25) is 9.48 Å². The van der Waals surface area contributed by atoms with Gasteiger partial charge in [0.05, 0.1) is 35.2 Å². The average molecular weight is 492 g/mol. The summed E-state index contributed by atoms with van der Waals surface area (Å²) < 4.78 is 7.42. The molecule has 1 aromatic carbocycles. The summed E-state index contributed by atoms with van der Waals surface area (Å²) in [4.78, 5) is 17.7. The number of allylic oxidation sites excluding steroid dienone is 2. The zero-order valence-electron chi connectivity index (χ0n) is 19.3. The minimum atomic E-state index is -0.175. The molecule has 0 saturated heterocycles. The number of carbonyl (C=O) groups is 1. The van der Waals surface area contributed by atoms with E-state index in [0.29, 0.717) is 40.1 Å². The molecule has 0 fully saturated rings. The van der Waals surface area contributed by atoms with Crippen molar-refractivity contribution < 1.29 is 9.53 Å². The third-order valence-electron chi connectivity index (χ3n) is 6.73. The second-order valence-corrected chi connectivity index (χ2v) is 9.32. The lowest BCUT2D eigenvalue weighted by atomic mass is 10.0. The molecule has 0 aliphatic carbocycles. The summed E-state index contributed by atoms with van der Waals surface area (Å²) in [6, 6.07) is 7.68. The van der Waals surface area contributed by atoms with Gasteiger partial charge in [-0.05, 0) is 37.5 Å². The average Bonchev–Trinajstić information content (AvgIpc) is 3.24. The number of fused-ring (bicyclic) bond motifs is 3. The Kier molecular flexibility index (Phi) is 5.49. The van der Waals surface area contributed by atoms with Crippen LogP contribution in [0, 0.1) is 0 Å². The number of amides is 1. The Labute approximate surface area is 207 Å². The predicted molar refractivity (Wildman–Crippen MR) is 137 cm³/mol. The monoisotopic (exact) mass is 491 g/mol. The highest BCUT2D eigenvalue weighted by molar-refractivity contribution is 6.32. The van der Waals surface area contributed by atoms with Crippen LogP contribution in [-0.4, -0.2) is 46.9 Å². The number of carbonyl (C=O) groups excluding carboxylic acids is 1. The summed E-state index contributed by atoms with van der Waals surface area (Å²) in [6.07, 6.45) is 8.92. The Hall–Kier alpha value is -3.72. The summed E-state index contributed by atoms with van der Waals surface area (Å²) in [7, 11) is 1.57. The van der Waals surface area contributed by atoms with E-state index >= 15 is 0 Å². The zero-order chi connectivity index (χ0) is 23.9. The molecule has 0 saturated carbocycles. The molecule has 9 nitrogen and oxygen atoms in total. The minimum Gasteiger partial charge on any atom is -0.493 e. The molecule has 5 heterocycles. The lowest BCUT2D eigenvalue weighted by Crippen LogP contribution is -2.39. The number of nitrogens with one attached hydrogen (secondary N) is 4. The van der Waals surface area contributed by atoms with E-state index in [4.69, 9.17) is 21.4 Å². The third-order valence-corrected chi connectivity index (χ3v) is 7.03. The van der Waals surface area contributed by atoms with Crippen LogP contribution in [0.25, 0.3) is 11.3 Å². The minimum absolute atomic E-state index is 0.00651. The number of ether oxygens (including phenoxy) is 1. The first-order chi connectivity index (χ1) is 17.1. The van der Waals surface area contributed by atoms with Crippen LogP contribution in [0.15, 0.2) is 42.6 Å². The largest absolute Gasteiger partial charge is 0.493 e. The highest BCUT2D eigenvalue weighted by atomic mass is 35.5. The number of aromatic nitrogens is 3. The number of anilines is 4. The number of rotatable bonds is 3. The molecule has 35 heavy (non-hydrogen) atoms. The van der Waals surface area contributed by atoms with Crippen LogP contribution >= 0.6 is 11.6 Å². The summed E-state index contributed by atoms with van der Waals surface area (Å²) in [5.74, 6) is 1.11. The first-order valence-corrected chi connectivity index (χ1v) is 12.2. The Bertz CT molecular complexity index is 1340. The number of pyridine rings is 1. The van der Waals surface area contributed by atoms with Crippen LogP contribution in [0.1, 0.15) is 35.8 Å². The van der Waals surface area contributed by atoms with Gasteiger partial charge in [0.1, 0.15) is 11.5 Å². The molecule has 1 amide bonds. The van der Waals surface area contributed by atoms with Crippen molar-refractivity contribution >= 4 is 40.4 Å². The zero-order valence-corrected chi connectivity index (χ0v) is 20.0. The smallest absolute Gasteiger partial charge is 0.271 e. The van der Waals surface area contributed by atoms with Gasteiger partial charge in [0.25, 0.3) is 5.91 Å². The van der Waals surface area contributed by atoms with E-state index in [1.807, 2.05) is 22.9 Å². The highest BCUT2D eigenvalue weighted by Crippen LogP contribution is 2.44. The molecule has 4 N–H and O–H groups in total. The lowest BCUT2D eigenvalue weighted by molar-refractivity contribution is 0.0911. The first-order valence-electron chi connectivity index (χ1n) is 11.8. The molecule has 0 radical (unpaired) electrons. The van der Waals surface area contributed by atoms with Crippen molar-refractivity contribution in [2.24, 2.45) is 0 Å². The first kappa shape index (κ1) is 21.8. The quantitative estimate of drug-likeness (QED) is 0.397. The number of hydrogen-bond acceptors (Lipinski definition) is 7. The standard InChI is InChI=1S/C25H26ClN7O2/c1-35-23-17(26)8-5-9-18(23)31-21-19-16-10-11-27-24-20(16)30-14(12-28-24)6-3-2-4-7-15-13-29-25(34)22(21)33(15)32-19/h2,4-5,8-11,14-15,30-31H,3,6-7,12-13H2,1H3,(H,27,28)(H,29,34)/b4-2-/t14-,15-/m1/s1. The molecule has 0 unspecified atom stereocenters. The molecular formula is C25H26ClN7O2. The van der Waals surface area contributed by atoms with E-state index in [1.165, 1.54) is 0 Å². The van der Waals surface area contributed by atoms with Crippen molar-refractivity contribution in [1.82, 2.24) is 20.1 Å². The Morgan fingerprint density at radius 2 is 2.11 bits per heavy atom. The lowest BCUT2D eigenvalue weighted by Gasteiger charge is -2.29. The van der Waals surface area contributed by atoms with E-state index in [9.17, 15) is 4.79 Å². The van der Waals surface area contributed by atoms with Gasteiger partial charge in [0.2, 0.25) is 0 Å². The topological polar surface area (TPSA) is 105 Å². The summed E-state index contributed by atoms with van der Waals surface area (Å²) in [5.41, 5.74) is 4.17. The maximum Gasteiger partial charge on any atom is 0.271 e. The molecule has 6 rings (SSSR count). The van der Waals surface area contributed by atoms with E-state index in [1.54, 1.807) is 19.4 Å². The van der Waals surface area contributed by atoms with Gasteiger partial charge in [-0.15, -0.1) is 0 Å². The summed E-state index contributed by atoms with van der Waals surface area (Å²) in [6.45, 7) is 1.32. The van der Waals surface area contributed by atoms with Crippen LogP contribution < -0.4 is 26.0 Å². The van der Waals surface area contributed by atoms with Crippen molar-refractivity contribution in [3.63, 3.8) is 0 Å². The van der Waals surface area contributed by atoms with Crippen molar-refractivity contribution in [2.45, 2.75) is 31.3 Å². The van der Waals surface area contributed by atoms with E-state index in [0.717, 1.165) is 42.9 Å². The molecule has 180 valence electrons. The fourth-order valence-corrected chi connectivity index (χ4v) is 5.25. The van der Waals surface area contributed by atoms with Gasteiger partial charge in [0.15, 0.2) is 11.4 Å². The molecule has 10 heteroatoms. The molecule has 0 spiro atoms. The van der Waals surface area contributed by atoms with Gasteiger partial charge in [-0.2, -0.15) is 5.10 Å². The van der Waals surface area contributed by atoms with Crippen LogP contribution in [0.3, 0.4) is 0 Å². The molecule has 3 aromatic rings. The van der Waals surface area contributed by atoms with Crippen molar-refractivity contribution in [1.29, 1.82) is 0 Å². The van der Waals surface area contributed by atoms with Crippen molar-refractivity contribution in [3.05, 3.63) is 53.3 Å². The number of halogens is 1. The summed E-state index contributed by atoms with van der Waals surface area (Å²) >= 11 is 6.40. The van der Waals surface area contributed by atoms with Crippen LogP contribution in [0.4, 0.5) is 22.9 Å². The number of nitrogens with zero attached hydrogens (tertiary/aromatic N) is 3. The fourth-order valence-electron chi connectivity index (χ4n) is 4.99. The normalized spacial score (nSPS) is 21.3. The second-order valence-electron chi connectivity index (χ2n) is 8.92. The molecular weight excluding hydrogens is 466 g/mol. The fraction of sp³-hybridized carbons (Fsp3) is 0.320. The van der Waals surface area contributed by atoms with Gasteiger partial charge in [0, 0.05) is 30.9 Å². The SMILES string of the molecule is COc1c(Cl)cccc1Nc1c2nn3c1C(=O)NC[C@H]3C/C=C\CC[C@@H]1CNc3nccc-2c3N1. The molecule has 3 aliphatic rings. The Morgan fingerprint density at radius 1 is 1.20 bits per heavy atom. The molecule has 3 aliphatic heterocycles. The van der Waals surface area contributed by atoms with Crippen molar-refractivity contribution in [3.8, 4) is 17.0 Å². The summed E-state index contributed by atoms with van der Waals surface area (Å²) in [5, 5.41) is 19.1. The number of benzene rings is 1. The molecule has 4 bridgehead atoms. The number of para-hydroxylation sites is 1. The second kappa shape index (κ2) is 8.81. The van der Waals surface area contributed by atoms with Crippen molar-refractivity contribution in [2.75, 3.05) is 36.1 Å². The van der Waals surface area contributed by atoms with Gasteiger partial charge >= 0.3 is 0 Å². The van der Waals surface area contributed by atoms with E-state index < -0.39 is 0 Å². The van der Waals surface area contributed by atoms with Crippen LogP contribution in [-0.2, 0) is 0 Å². The molecule has 2 atom stereocenters. The number of methoxy groups -OCH3 is 1. The van der Waals surface area contributed by atoms with Crippen LogP contribution in [0.2, 0.25) is 5.02 Å². The Morgan fingerprint density at radius 3 is 3.00 bits per heavy atom. The third kappa shape index (κ3) is 3.76. The van der Waals surface area contributed by atoms with E-state index in [2.05, 4.69) is 38.4 Å². The van der Waals surface area contributed by atoms with Gasteiger partial charge in [-0.25, -0.2) is 4.98 Å². The highest BCUT2D eigenvalue weighted by Gasteiger charge is 2.34.